The van der Waals surface area contributed by atoms with Gasteiger partial charge in [-0.3, -0.25) is 4.52 Å². The van der Waals surface area contributed by atoms with E-state index in [-0.39, 0.29) is 12.3 Å². The molecule has 26 heavy (non-hydrogen) atoms. The Kier molecular flexibility index (Phi) is 9.23. The highest BCUT2D eigenvalue weighted by atomic mass is 32.2. The lowest BCUT2D eigenvalue weighted by atomic mass is 9.96. The van der Waals surface area contributed by atoms with Gasteiger partial charge in [-0.25, -0.2) is 8.75 Å². The van der Waals surface area contributed by atoms with Gasteiger partial charge in [0.2, 0.25) is 0 Å². The van der Waals surface area contributed by atoms with E-state index in [0.29, 0.717) is 12.8 Å². The second-order valence-corrected chi connectivity index (χ2v) is 8.51. The summed E-state index contributed by atoms with van der Waals surface area (Å²) in [5.74, 6) is 0. The first-order valence-electron chi connectivity index (χ1n) is 7.85. The quantitative estimate of drug-likeness (QED) is 0.158. The summed E-state index contributed by atoms with van der Waals surface area (Å²) < 4.78 is 45.2. The maximum atomic E-state index is 11.9. The van der Waals surface area contributed by atoms with Gasteiger partial charge in [-0.2, -0.15) is 13.1 Å². The molecule has 1 saturated carbocycles. The topological polar surface area (TPSA) is 200 Å². The van der Waals surface area contributed by atoms with Crippen LogP contribution in [0.4, 0.5) is 0 Å². The Hall–Kier alpha value is -0.470. The van der Waals surface area contributed by atoms with E-state index in [4.69, 9.17) is 9.79 Å². The maximum Gasteiger partial charge on any atom is 0.469 e. The smallest absolute Gasteiger partial charge is 0.388 e. The van der Waals surface area contributed by atoms with Crippen LogP contribution in [0.25, 0.3) is 0 Å². The molecule has 0 aromatic heterocycles. The Labute approximate surface area is 150 Å². The van der Waals surface area contributed by atoms with E-state index in [1.54, 1.807) is 0 Å². The van der Waals surface area contributed by atoms with Gasteiger partial charge in [0.1, 0.15) is 18.3 Å². The first-order valence-corrected chi connectivity index (χ1v) is 10.8. The highest BCUT2D eigenvalue weighted by Crippen LogP contribution is 2.35. The fraction of sp³-hybridized carbons (Fsp3) is 0.917. The second kappa shape index (κ2) is 10.2. The number of phosphoric acid groups is 1. The lowest BCUT2D eigenvalue weighted by Gasteiger charge is -2.27. The summed E-state index contributed by atoms with van der Waals surface area (Å²) in [5.41, 5.74) is 0. The Morgan fingerprint density at radius 1 is 1.12 bits per heavy atom. The number of hydrogen-bond donors (Lipinski definition) is 6. The molecule has 0 aliphatic heterocycles. The van der Waals surface area contributed by atoms with Crippen molar-refractivity contribution < 1.29 is 51.6 Å². The fourth-order valence-electron chi connectivity index (χ4n) is 2.45. The summed E-state index contributed by atoms with van der Waals surface area (Å²) in [7, 11) is -9.36. The van der Waals surface area contributed by atoms with Crippen LogP contribution >= 0.6 is 7.82 Å². The van der Waals surface area contributed by atoms with Crippen LogP contribution in [0.5, 0.6) is 0 Å². The van der Waals surface area contributed by atoms with E-state index in [2.05, 4.69) is 13.4 Å². The van der Waals surface area contributed by atoms with Crippen molar-refractivity contribution >= 4 is 24.4 Å². The lowest BCUT2D eigenvalue weighted by Crippen LogP contribution is -2.49. The minimum Gasteiger partial charge on any atom is -0.388 e. The molecule has 0 aromatic carbocycles. The zero-order valence-electron chi connectivity index (χ0n) is 13.7. The molecule has 0 bridgehead atoms. The standard InChI is InChI=1S/C12H24NO11PS/c14-6-10(12(17)11(16)9(15)7-23-25(18,19)20)24-26(21,22)13-8-4-2-1-3-5-8/h6,8-13,15-17H,1-5,7H2,(H2,18,19,20)/t9-,10+,11-,12-/m1/s1. The molecule has 1 rings (SSSR count). The minimum atomic E-state index is -4.93. The summed E-state index contributed by atoms with van der Waals surface area (Å²) in [6.07, 6.45) is -4.66. The Balaban J connectivity index is 2.64. The van der Waals surface area contributed by atoms with E-state index in [9.17, 15) is 33.1 Å². The lowest BCUT2D eigenvalue weighted by molar-refractivity contribution is -0.132. The number of aliphatic hydroxyl groups is 3. The summed E-state index contributed by atoms with van der Waals surface area (Å²) in [6.45, 7) is -1.07. The highest BCUT2D eigenvalue weighted by molar-refractivity contribution is 7.84. The monoisotopic (exact) mass is 421 g/mol. The molecule has 1 aliphatic rings. The van der Waals surface area contributed by atoms with E-state index in [0.717, 1.165) is 19.3 Å². The van der Waals surface area contributed by atoms with Gasteiger partial charge in [-0.15, -0.1) is 0 Å². The van der Waals surface area contributed by atoms with Gasteiger partial charge in [0, 0.05) is 6.04 Å². The SMILES string of the molecule is O=C[C@H](OS(=O)(=O)NC1CCCCC1)[C@@H](O)[C@H](O)[C@H](O)COP(=O)(O)O. The van der Waals surface area contributed by atoms with Gasteiger partial charge in [-0.1, -0.05) is 19.3 Å². The van der Waals surface area contributed by atoms with Gasteiger partial charge >= 0.3 is 18.1 Å². The number of aldehydes is 1. The number of aliphatic hydroxyl groups excluding tert-OH is 3. The van der Waals surface area contributed by atoms with Gasteiger partial charge in [0.05, 0.1) is 6.61 Å². The average molecular weight is 421 g/mol. The van der Waals surface area contributed by atoms with Crippen molar-refractivity contribution in [2.24, 2.45) is 0 Å². The van der Waals surface area contributed by atoms with Crippen molar-refractivity contribution in [3.05, 3.63) is 0 Å². The molecule has 12 nitrogen and oxygen atoms in total. The van der Waals surface area contributed by atoms with Gasteiger partial charge in [-0.05, 0) is 12.8 Å². The zero-order chi connectivity index (χ0) is 20.0. The first-order chi connectivity index (χ1) is 11.9. The summed E-state index contributed by atoms with van der Waals surface area (Å²) >= 11 is 0. The van der Waals surface area contributed by atoms with Gasteiger partial charge in [0.25, 0.3) is 0 Å². The van der Waals surface area contributed by atoms with Crippen LogP contribution in [0.1, 0.15) is 32.1 Å². The molecule has 14 heteroatoms. The van der Waals surface area contributed by atoms with Crippen LogP contribution in [0, 0.1) is 0 Å². The van der Waals surface area contributed by atoms with Crippen molar-refractivity contribution in [1.82, 2.24) is 4.72 Å². The molecule has 0 saturated heterocycles. The summed E-state index contributed by atoms with van der Waals surface area (Å²) in [4.78, 5) is 28.1. The third kappa shape index (κ3) is 8.48. The molecule has 0 radical (unpaired) electrons. The predicted octanol–water partition coefficient (Wildman–Crippen LogP) is -2.07. The number of rotatable bonds is 11. The molecule has 0 amide bonds. The molecule has 0 aromatic rings. The van der Waals surface area contributed by atoms with Crippen LogP contribution in [0.15, 0.2) is 0 Å². The molecule has 0 spiro atoms. The highest BCUT2D eigenvalue weighted by Gasteiger charge is 2.36. The second-order valence-electron chi connectivity index (χ2n) is 5.94. The molecule has 1 fully saturated rings. The van der Waals surface area contributed by atoms with E-state index in [1.807, 2.05) is 0 Å². The van der Waals surface area contributed by atoms with Crippen LogP contribution in [0.2, 0.25) is 0 Å². The van der Waals surface area contributed by atoms with Crippen molar-refractivity contribution in [3.8, 4) is 0 Å². The van der Waals surface area contributed by atoms with Crippen molar-refractivity contribution in [1.29, 1.82) is 0 Å². The van der Waals surface area contributed by atoms with Crippen molar-refractivity contribution in [2.45, 2.75) is 62.6 Å². The maximum absolute atomic E-state index is 11.9. The third-order valence-electron chi connectivity index (χ3n) is 3.78. The van der Waals surface area contributed by atoms with Crippen LogP contribution in [0.3, 0.4) is 0 Å². The average Bonchev–Trinajstić information content (AvgIpc) is 2.56. The molecule has 4 atom stereocenters. The van der Waals surface area contributed by atoms with Crippen LogP contribution in [-0.4, -0.2) is 76.9 Å². The first kappa shape index (κ1) is 23.6. The fourth-order valence-corrected chi connectivity index (χ4v) is 3.95. The Bertz CT molecular complexity index is 588. The molecule has 154 valence electrons. The predicted molar refractivity (Wildman–Crippen MR) is 85.9 cm³/mol. The number of carbonyl (C=O) groups is 1. The normalized spacial score (nSPS) is 21.7. The third-order valence-corrected chi connectivity index (χ3v) is 5.37. The number of hydrogen-bond acceptors (Lipinski definition) is 9. The Morgan fingerprint density at radius 2 is 1.69 bits per heavy atom. The molecule has 1 aliphatic carbocycles. The Morgan fingerprint density at radius 3 is 2.19 bits per heavy atom. The molecular weight excluding hydrogens is 397 g/mol. The number of carbonyl (C=O) groups excluding carboxylic acids is 1. The molecular formula is C12H24NO11PS. The summed E-state index contributed by atoms with van der Waals surface area (Å²) in [5, 5.41) is 29.1. The largest absolute Gasteiger partial charge is 0.469 e. The number of nitrogens with one attached hydrogen (secondary N) is 1. The van der Waals surface area contributed by atoms with Crippen LogP contribution < -0.4 is 4.72 Å². The van der Waals surface area contributed by atoms with Gasteiger partial charge < -0.3 is 29.9 Å². The van der Waals surface area contributed by atoms with E-state index in [1.165, 1.54) is 0 Å². The van der Waals surface area contributed by atoms with E-state index >= 15 is 0 Å². The van der Waals surface area contributed by atoms with Gasteiger partial charge in [0.15, 0.2) is 12.4 Å². The molecule has 6 N–H and O–H groups in total. The van der Waals surface area contributed by atoms with Crippen molar-refractivity contribution in [2.75, 3.05) is 6.61 Å². The minimum absolute atomic E-state index is 0.0788. The van der Waals surface area contributed by atoms with Crippen molar-refractivity contribution in [3.63, 3.8) is 0 Å². The summed E-state index contributed by atoms with van der Waals surface area (Å²) in [6, 6.07) is -0.370. The molecule has 0 unspecified atom stereocenters. The number of phosphoric ester groups is 1. The molecule has 0 heterocycles. The van der Waals surface area contributed by atoms with E-state index < -0.39 is 49.1 Å². The van der Waals surface area contributed by atoms with Crippen LogP contribution in [-0.2, 0) is 28.4 Å². The zero-order valence-corrected chi connectivity index (χ0v) is 15.5.